The summed E-state index contributed by atoms with van der Waals surface area (Å²) in [5.74, 6) is 1.89. The second-order valence-corrected chi connectivity index (χ2v) is 9.96. The minimum atomic E-state index is -0.0389. The molecule has 0 spiro atoms. The van der Waals surface area contributed by atoms with Gasteiger partial charge in [0.25, 0.3) is 0 Å². The number of carbonyl (C=O) groups is 2. The highest BCUT2D eigenvalue weighted by atomic mass is 16.5. The van der Waals surface area contributed by atoms with Crippen LogP contribution < -0.4 is 14.8 Å². The van der Waals surface area contributed by atoms with Gasteiger partial charge in [-0.3, -0.25) is 14.5 Å². The first-order valence-electron chi connectivity index (χ1n) is 13.2. The Morgan fingerprint density at radius 1 is 1.08 bits per heavy atom. The maximum Gasteiger partial charge on any atom is 0.231 e. The van der Waals surface area contributed by atoms with E-state index in [4.69, 9.17) is 9.47 Å². The number of ether oxygens (including phenoxy) is 2. The van der Waals surface area contributed by atoms with E-state index in [0.29, 0.717) is 23.7 Å². The number of nitrogens with zero attached hydrogens (tertiary/aromatic N) is 1. The van der Waals surface area contributed by atoms with Crippen LogP contribution in [0, 0.1) is 0 Å². The second-order valence-electron chi connectivity index (χ2n) is 9.96. The van der Waals surface area contributed by atoms with Crippen molar-refractivity contribution >= 4 is 11.7 Å². The molecule has 1 amide bonds. The fourth-order valence-corrected chi connectivity index (χ4v) is 4.90. The molecule has 6 nitrogen and oxygen atoms in total. The smallest absolute Gasteiger partial charge is 0.231 e. The van der Waals surface area contributed by atoms with Gasteiger partial charge in [-0.25, -0.2) is 0 Å². The van der Waals surface area contributed by atoms with Gasteiger partial charge in [0, 0.05) is 25.6 Å². The summed E-state index contributed by atoms with van der Waals surface area (Å²) in [4.78, 5) is 26.4. The lowest BCUT2D eigenvalue weighted by Crippen LogP contribution is -2.50. The Morgan fingerprint density at radius 2 is 1.81 bits per heavy atom. The molecule has 1 fully saturated rings. The minimum Gasteiger partial charge on any atom is -0.493 e. The Balaban J connectivity index is 0.000000434. The van der Waals surface area contributed by atoms with Gasteiger partial charge in [0.2, 0.25) is 11.7 Å². The third kappa shape index (κ3) is 5.81. The van der Waals surface area contributed by atoms with E-state index in [1.165, 1.54) is 17.5 Å². The molecule has 2 aliphatic heterocycles. The molecule has 0 bridgehead atoms. The number of benzene rings is 2. The zero-order valence-corrected chi connectivity index (χ0v) is 22.0. The first kappa shape index (κ1) is 26.0. The number of ketones is 1. The maximum atomic E-state index is 12.6. The van der Waals surface area contributed by atoms with Crippen LogP contribution in [0.15, 0.2) is 47.7 Å². The molecule has 0 saturated carbocycles. The Hall–Kier alpha value is -3.12. The number of hydrogen-bond donors (Lipinski definition) is 1. The summed E-state index contributed by atoms with van der Waals surface area (Å²) in [5.41, 5.74) is 5.35. The maximum absolute atomic E-state index is 12.6. The number of hydrogen-bond acceptors (Lipinski definition) is 5. The predicted octanol–water partition coefficient (Wildman–Crippen LogP) is 5.89. The Labute approximate surface area is 214 Å². The number of piperidine rings is 1. The fraction of sp³-hybridized carbons (Fsp3) is 0.467. The van der Waals surface area contributed by atoms with Crippen molar-refractivity contribution in [2.75, 3.05) is 19.7 Å². The number of likely N-dealkylation sites (tertiary alicyclic amines) is 1. The summed E-state index contributed by atoms with van der Waals surface area (Å²) in [6, 6.07) is 12.2. The van der Waals surface area contributed by atoms with Gasteiger partial charge in [0.1, 0.15) is 11.5 Å². The highest BCUT2D eigenvalue weighted by molar-refractivity contribution is 6.13. The second kappa shape index (κ2) is 11.7. The Morgan fingerprint density at radius 3 is 2.39 bits per heavy atom. The van der Waals surface area contributed by atoms with Gasteiger partial charge >= 0.3 is 0 Å². The fourth-order valence-electron chi connectivity index (χ4n) is 4.90. The quantitative estimate of drug-likeness (QED) is 0.315. The van der Waals surface area contributed by atoms with Crippen molar-refractivity contribution in [3.8, 4) is 22.6 Å². The van der Waals surface area contributed by atoms with Crippen LogP contribution in [0.25, 0.3) is 11.1 Å². The third-order valence-electron chi connectivity index (χ3n) is 6.88. The zero-order chi connectivity index (χ0) is 25.7. The van der Waals surface area contributed by atoms with Crippen molar-refractivity contribution in [3.05, 3.63) is 58.9 Å². The number of Topliss-reactive ketones (excluding diaryl/α,β-unsaturated/α-hetero) is 1. The molecule has 1 atom stereocenters. The van der Waals surface area contributed by atoms with E-state index in [9.17, 15) is 9.59 Å². The van der Waals surface area contributed by atoms with Crippen molar-refractivity contribution in [2.24, 2.45) is 0 Å². The number of fused-ring (bicyclic) bond motifs is 2. The van der Waals surface area contributed by atoms with E-state index in [2.05, 4.69) is 41.4 Å². The van der Waals surface area contributed by atoms with Crippen molar-refractivity contribution in [2.45, 2.75) is 72.4 Å². The van der Waals surface area contributed by atoms with Crippen LogP contribution >= 0.6 is 0 Å². The van der Waals surface area contributed by atoms with Crippen molar-refractivity contribution in [3.63, 3.8) is 0 Å². The van der Waals surface area contributed by atoms with Crippen LogP contribution in [0.4, 0.5) is 0 Å². The summed E-state index contributed by atoms with van der Waals surface area (Å²) in [7, 11) is 0. The lowest BCUT2D eigenvalue weighted by molar-refractivity contribution is -0.121. The van der Waals surface area contributed by atoms with Gasteiger partial charge < -0.3 is 14.8 Å². The molecule has 6 heteroatoms. The molecule has 2 heterocycles. The lowest BCUT2D eigenvalue weighted by atomic mass is 9.95. The molecule has 5 rings (SSSR count). The molecule has 4 aliphatic rings. The van der Waals surface area contributed by atoms with Gasteiger partial charge in [0.15, 0.2) is 5.76 Å². The Kier molecular flexibility index (Phi) is 8.47. The standard InChI is InChI=1S/C24H34N2O4.C6H4/c1-5-9-18-20(12-11-19-22(28)23(16(2)3)30-24(18)19)29-15-8-14-26-13-7-6-10-21(26)25-17(4)27;1-2-6-4-3-5(1)6/h11-12,21H,5-10,13-15H2,1-4H3,(H,25,27);1-4H. The number of carbonyl (C=O) groups excluding carboxylic acids is 2. The van der Waals surface area contributed by atoms with Crippen LogP contribution in [0.3, 0.4) is 0 Å². The van der Waals surface area contributed by atoms with Crippen LogP contribution in [0.2, 0.25) is 0 Å². The number of amides is 1. The molecule has 1 saturated heterocycles. The van der Waals surface area contributed by atoms with Gasteiger partial charge in [0.05, 0.1) is 18.3 Å². The van der Waals surface area contributed by atoms with Crippen molar-refractivity contribution < 1.29 is 19.1 Å². The normalized spacial score (nSPS) is 17.5. The largest absolute Gasteiger partial charge is 0.493 e. The highest BCUT2D eigenvalue weighted by Gasteiger charge is 2.32. The van der Waals surface area contributed by atoms with E-state index in [1.807, 2.05) is 26.0 Å². The zero-order valence-electron chi connectivity index (χ0n) is 22.0. The molecule has 1 N–H and O–H groups in total. The summed E-state index contributed by atoms with van der Waals surface area (Å²) in [6.07, 6.45) is 6.08. The highest BCUT2D eigenvalue weighted by Crippen LogP contribution is 2.41. The van der Waals surface area contributed by atoms with E-state index in [0.717, 1.165) is 62.1 Å². The summed E-state index contributed by atoms with van der Waals surface area (Å²) in [5, 5.41) is 3.06. The van der Waals surface area contributed by atoms with Crippen LogP contribution in [-0.2, 0) is 11.2 Å². The van der Waals surface area contributed by atoms with Gasteiger partial charge in [-0.15, -0.1) is 0 Å². The van der Waals surface area contributed by atoms with Crippen molar-refractivity contribution in [1.82, 2.24) is 10.2 Å². The molecule has 192 valence electrons. The van der Waals surface area contributed by atoms with E-state index in [1.54, 1.807) is 6.92 Å². The van der Waals surface area contributed by atoms with Crippen LogP contribution in [0.1, 0.15) is 75.7 Å². The monoisotopic (exact) mass is 490 g/mol. The molecule has 1 unspecified atom stereocenters. The summed E-state index contributed by atoms with van der Waals surface area (Å²) in [6.45, 7) is 9.95. The first-order chi connectivity index (χ1) is 17.4. The predicted molar refractivity (Wildman–Crippen MR) is 142 cm³/mol. The average molecular weight is 491 g/mol. The van der Waals surface area contributed by atoms with E-state index < -0.39 is 0 Å². The molecule has 0 aromatic heterocycles. The lowest BCUT2D eigenvalue weighted by Gasteiger charge is -2.35. The average Bonchev–Trinajstić information content (AvgIpc) is 3.18. The molecule has 0 radical (unpaired) electrons. The Bertz CT molecular complexity index is 1110. The van der Waals surface area contributed by atoms with Crippen molar-refractivity contribution in [1.29, 1.82) is 0 Å². The van der Waals surface area contributed by atoms with Crippen LogP contribution in [0.5, 0.6) is 11.5 Å². The number of allylic oxidation sites excluding steroid dienone is 2. The third-order valence-corrected chi connectivity index (χ3v) is 6.88. The topological polar surface area (TPSA) is 67.9 Å². The van der Waals surface area contributed by atoms with Gasteiger partial charge in [-0.1, -0.05) is 37.6 Å². The molecular formula is C30H38N2O4. The van der Waals surface area contributed by atoms with E-state index in [-0.39, 0.29) is 17.9 Å². The minimum absolute atomic E-state index is 0.0239. The number of rotatable bonds is 8. The molecule has 2 aliphatic carbocycles. The number of nitrogens with one attached hydrogen (secondary N) is 1. The SMILES string of the molecule is CCCc1c(OCCCN2CCCCC2NC(C)=O)ccc2c1OC(=C(C)C)C2=O.c1cc2ccc1-2. The van der Waals surface area contributed by atoms with E-state index >= 15 is 0 Å². The van der Waals surface area contributed by atoms with Gasteiger partial charge in [-0.05, 0) is 74.8 Å². The summed E-state index contributed by atoms with van der Waals surface area (Å²) >= 11 is 0. The molecule has 1 aromatic rings. The molecular weight excluding hydrogens is 452 g/mol. The first-order valence-corrected chi connectivity index (χ1v) is 13.2. The van der Waals surface area contributed by atoms with Crippen LogP contribution in [-0.4, -0.2) is 42.5 Å². The summed E-state index contributed by atoms with van der Waals surface area (Å²) < 4.78 is 12.1. The molecule has 1 aromatic carbocycles. The molecule has 36 heavy (non-hydrogen) atoms. The van der Waals surface area contributed by atoms with Gasteiger partial charge in [-0.2, -0.15) is 0 Å².